The van der Waals surface area contributed by atoms with E-state index in [-0.39, 0.29) is 0 Å². The van der Waals surface area contributed by atoms with E-state index in [0.717, 1.165) is 13.2 Å². The second kappa shape index (κ2) is 8.45. The van der Waals surface area contributed by atoms with Gasteiger partial charge in [-0.05, 0) is 0 Å². The third-order valence-electron chi connectivity index (χ3n) is 1.05. The molecule has 0 aliphatic carbocycles. The number of rotatable bonds is 6. The van der Waals surface area contributed by atoms with Crippen LogP contribution in [-0.2, 0) is 9.47 Å². The van der Waals surface area contributed by atoms with Crippen LogP contribution in [0.2, 0.25) is 10.6 Å². The van der Waals surface area contributed by atoms with Crippen LogP contribution in [0.5, 0.6) is 0 Å². The van der Waals surface area contributed by atoms with Crippen molar-refractivity contribution in [3.05, 3.63) is 0 Å². The van der Waals surface area contributed by atoms with E-state index in [1.54, 1.807) is 14.2 Å². The van der Waals surface area contributed by atoms with Gasteiger partial charge in [0.15, 0.2) is 0 Å². The first-order chi connectivity index (χ1) is 4.41. The maximum atomic E-state index is 4.90. The predicted octanol–water partition coefficient (Wildman–Crippen LogP) is 0.820. The Morgan fingerprint density at radius 3 is 1.78 bits per heavy atom. The Morgan fingerprint density at radius 1 is 1.00 bits per heavy atom. The first kappa shape index (κ1) is 9.45. The summed E-state index contributed by atoms with van der Waals surface area (Å²) in [5.41, 5.74) is 0. The van der Waals surface area contributed by atoms with Crippen LogP contribution in [0.15, 0.2) is 0 Å². The lowest BCUT2D eigenvalue weighted by atomic mass is 10.8. The highest BCUT2D eigenvalue weighted by Crippen LogP contribution is 1.85. The zero-order chi connectivity index (χ0) is 6.95. The molecule has 0 spiro atoms. The molecule has 2 nitrogen and oxygen atoms in total. The van der Waals surface area contributed by atoms with E-state index in [2.05, 4.69) is 0 Å². The van der Waals surface area contributed by atoms with Gasteiger partial charge in [-0.1, -0.05) is 10.6 Å². The molecule has 53 valence electrons. The molecule has 3 heteroatoms. The molecule has 0 aromatic carbocycles. The summed E-state index contributed by atoms with van der Waals surface area (Å²) in [5.74, 6) is 0. The molecule has 0 saturated carbocycles. The lowest BCUT2D eigenvalue weighted by Crippen LogP contribution is -1.99. The summed E-state index contributed by atoms with van der Waals surface area (Å²) >= 11 is 0.568. The Bertz CT molecular complexity index is 44.3. The zero-order valence-electron chi connectivity index (χ0n) is 6.22. The van der Waals surface area contributed by atoms with Crippen molar-refractivity contribution in [3.63, 3.8) is 0 Å². The van der Waals surface area contributed by atoms with Gasteiger partial charge < -0.3 is 9.47 Å². The predicted molar refractivity (Wildman–Crippen MR) is 39.1 cm³/mol. The lowest BCUT2D eigenvalue weighted by Gasteiger charge is -1.95. The number of ether oxygens (including phenoxy) is 2. The summed E-state index contributed by atoms with van der Waals surface area (Å²) in [4.78, 5) is 0. The number of methoxy groups -OCH3 is 2. The third-order valence-corrected chi connectivity index (χ3v) is 2.34. The van der Waals surface area contributed by atoms with Crippen LogP contribution in [0.25, 0.3) is 0 Å². The van der Waals surface area contributed by atoms with Gasteiger partial charge in [0.25, 0.3) is 0 Å². The van der Waals surface area contributed by atoms with Gasteiger partial charge in [0.05, 0.1) is 0 Å². The van der Waals surface area contributed by atoms with Crippen LogP contribution in [0.4, 0.5) is 0 Å². The Kier molecular flexibility index (Phi) is 8.88. The van der Waals surface area contributed by atoms with Crippen molar-refractivity contribution < 1.29 is 9.47 Å². The fourth-order valence-electron chi connectivity index (χ4n) is 0.547. The normalized spacial score (nSPS) is 9.56. The van der Waals surface area contributed by atoms with Crippen LogP contribution in [-0.4, -0.2) is 42.7 Å². The van der Waals surface area contributed by atoms with Gasteiger partial charge in [-0.3, -0.25) is 0 Å². The van der Waals surface area contributed by atoms with E-state index in [4.69, 9.17) is 9.47 Å². The van der Waals surface area contributed by atoms with Gasteiger partial charge in [0.1, 0.15) is 0 Å². The van der Waals surface area contributed by atoms with E-state index in [1.807, 2.05) is 0 Å². The fourth-order valence-corrected chi connectivity index (χ4v) is 1.64. The molecule has 0 N–H and O–H groups in total. The molecular weight excluding hydrogens is 131 g/mol. The molecule has 0 aromatic heterocycles. The van der Waals surface area contributed by atoms with Crippen molar-refractivity contribution in [3.8, 4) is 0 Å². The number of hydrogen-bond acceptors (Lipinski definition) is 2. The SMILES string of the molecule is COC[CH2][Al][CH2]COC. The van der Waals surface area contributed by atoms with Crippen molar-refractivity contribution in [2.45, 2.75) is 10.6 Å². The second-order valence-electron chi connectivity index (χ2n) is 1.85. The molecule has 0 aromatic rings. The minimum atomic E-state index is 0.568. The first-order valence-electron chi connectivity index (χ1n) is 3.21. The van der Waals surface area contributed by atoms with Gasteiger partial charge in [-0.15, -0.1) is 0 Å². The summed E-state index contributed by atoms with van der Waals surface area (Å²) in [7, 11) is 3.49. The standard InChI is InChI=1S/2C3H7O.Al/c2*1-3-4-2;/h2*1,3H2,2H3;. The molecule has 0 saturated heterocycles. The molecule has 0 heterocycles. The molecule has 0 bridgehead atoms. The van der Waals surface area contributed by atoms with Crippen molar-refractivity contribution in [2.75, 3.05) is 27.4 Å². The topological polar surface area (TPSA) is 18.5 Å². The Hall–Kier alpha value is 0.452. The zero-order valence-corrected chi connectivity index (χ0v) is 7.38. The summed E-state index contributed by atoms with van der Waals surface area (Å²) < 4.78 is 9.80. The van der Waals surface area contributed by atoms with Crippen molar-refractivity contribution in [2.24, 2.45) is 0 Å². The Morgan fingerprint density at radius 2 is 1.44 bits per heavy atom. The summed E-state index contributed by atoms with van der Waals surface area (Å²) in [5, 5.41) is 2.47. The van der Waals surface area contributed by atoms with Crippen molar-refractivity contribution >= 4 is 15.2 Å². The van der Waals surface area contributed by atoms with Crippen molar-refractivity contribution in [1.82, 2.24) is 0 Å². The van der Waals surface area contributed by atoms with Crippen molar-refractivity contribution in [1.29, 1.82) is 0 Å². The minimum absolute atomic E-state index is 0.568. The molecule has 0 unspecified atom stereocenters. The fraction of sp³-hybridized carbons (Fsp3) is 1.00. The molecule has 9 heavy (non-hydrogen) atoms. The summed E-state index contributed by atoms with van der Waals surface area (Å²) in [6.07, 6.45) is 0. The van der Waals surface area contributed by atoms with E-state index < -0.39 is 0 Å². The van der Waals surface area contributed by atoms with Crippen LogP contribution in [0.3, 0.4) is 0 Å². The van der Waals surface area contributed by atoms with E-state index in [1.165, 1.54) is 10.6 Å². The largest absolute Gasteiger partial charge is 0.386 e. The van der Waals surface area contributed by atoms with Gasteiger partial charge in [-0.2, -0.15) is 0 Å². The smallest absolute Gasteiger partial charge is 0.207 e. The highest BCUT2D eigenvalue weighted by molar-refractivity contribution is 6.35. The maximum absolute atomic E-state index is 4.90. The summed E-state index contributed by atoms with van der Waals surface area (Å²) in [6, 6.07) is 0. The summed E-state index contributed by atoms with van der Waals surface area (Å²) in [6.45, 7) is 1.83. The Labute approximate surface area is 63.2 Å². The minimum Gasteiger partial charge on any atom is -0.386 e. The highest BCUT2D eigenvalue weighted by Gasteiger charge is 1.89. The molecule has 0 amide bonds. The Balaban J connectivity index is 2.60. The van der Waals surface area contributed by atoms with E-state index in [9.17, 15) is 0 Å². The average molecular weight is 145 g/mol. The number of hydrogen-bond donors (Lipinski definition) is 0. The highest BCUT2D eigenvalue weighted by atomic mass is 27.1. The molecule has 0 fully saturated rings. The lowest BCUT2D eigenvalue weighted by molar-refractivity contribution is 0.210. The second-order valence-corrected chi connectivity index (χ2v) is 3.58. The van der Waals surface area contributed by atoms with Gasteiger partial charge >= 0.3 is 0 Å². The van der Waals surface area contributed by atoms with Crippen LogP contribution < -0.4 is 0 Å². The van der Waals surface area contributed by atoms with E-state index >= 15 is 0 Å². The van der Waals surface area contributed by atoms with E-state index in [0.29, 0.717) is 15.2 Å². The molecule has 1 radical (unpaired) electrons. The van der Waals surface area contributed by atoms with Crippen LogP contribution >= 0.6 is 0 Å². The quantitative estimate of drug-likeness (QED) is 0.407. The maximum Gasteiger partial charge on any atom is 0.207 e. The van der Waals surface area contributed by atoms with Gasteiger partial charge in [0.2, 0.25) is 15.2 Å². The first-order valence-corrected chi connectivity index (χ1v) is 4.84. The van der Waals surface area contributed by atoms with Crippen LogP contribution in [0.1, 0.15) is 0 Å². The van der Waals surface area contributed by atoms with Crippen LogP contribution in [0, 0.1) is 0 Å². The molecular formula is C6H14AlO2. The molecule has 0 aliphatic heterocycles. The average Bonchev–Trinajstić information content (AvgIpc) is 1.89. The third kappa shape index (κ3) is 8.45. The molecule has 0 rings (SSSR count). The molecule has 0 aliphatic rings. The van der Waals surface area contributed by atoms with Gasteiger partial charge in [0, 0.05) is 27.4 Å². The van der Waals surface area contributed by atoms with Gasteiger partial charge in [-0.25, -0.2) is 0 Å². The molecule has 0 atom stereocenters. The monoisotopic (exact) mass is 145 g/mol.